The maximum atomic E-state index is 13.2. The van der Waals surface area contributed by atoms with E-state index in [0.29, 0.717) is 49.1 Å². The van der Waals surface area contributed by atoms with Gasteiger partial charge in [0, 0.05) is 57.8 Å². The van der Waals surface area contributed by atoms with Crippen LogP contribution in [0.25, 0.3) is 0 Å². The monoisotopic (exact) mass is 514 g/mol. The molecule has 1 aromatic carbocycles. The highest BCUT2D eigenvalue weighted by Gasteiger charge is 2.26. The molecule has 1 N–H and O–H groups in total. The Morgan fingerprint density at radius 3 is 2.74 bits per heavy atom. The number of carboxylic acid groups (broad SMARTS) is 1. The smallest absolute Gasteiger partial charge is 0.407 e. The molecule has 0 saturated carbocycles. The van der Waals surface area contributed by atoms with Gasteiger partial charge < -0.3 is 24.5 Å². The van der Waals surface area contributed by atoms with Gasteiger partial charge in [-0.3, -0.25) is 4.79 Å². The van der Waals surface area contributed by atoms with Gasteiger partial charge in [0.25, 0.3) is 5.91 Å². The van der Waals surface area contributed by atoms with Crippen LogP contribution in [-0.4, -0.2) is 65.6 Å². The van der Waals surface area contributed by atoms with Gasteiger partial charge in [0.05, 0.1) is 11.3 Å². The van der Waals surface area contributed by atoms with Crippen LogP contribution in [0, 0.1) is 0 Å². The second kappa shape index (κ2) is 11.0. The van der Waals surface area contributed by atoms with Gasteiger partial charge in [-0.2, -0.15) is 0 Å². The number of thiophene rings is 1. The standard InChI is InChI=1S/C25H27ClN4O4S/c1-28-11-12-30(24(31)19-15-27-23(26)14-20(19)28)16-17-5-7-18(8-6-17)34-21(22-4-3-13-35-22)9-10-29(2)25(32)33/h3-8,13-15,21H,9-12,16H2,1-2H3,(H,32,33)/t21-/m0/s1. The Balaban J connectivity index is 1.44. The van der Waals surface area contributed by atoms with Crippen LogP contribution in [0.5, 0.6) is 5.75 Å². The summed E-state index contributed by atoms with van der Waals surface area (Å²) in [5.41, 5.74) is 2.31. The third kappa shape index (κ3) is 6.04. The van der Waals surface area contributed by atoms with Crippen molar-refractivity contribution in [3.8, 4) is 5.75 Å². The lowest BCUT2D eigenvalue weighted by Crippen LogP contribution is -2.33. The van der Waals surface area contributed by atoms with Gasteiger partial charge in [-0.1, -0.05) is 29.8 Å². The van der Waals surface area contributed by atoms with E-state index < -0.39 is 6.09 Å². The van der Waals surface area contributed by atoms with Crippen molar-refractivity contribution in [3.63, 3.8) is 0 Å². The van der Waals surface area contributed by atoms with Crippen molar-refractivity contribution >= 4 is 40.6 Å². The topological polar surface area (TPSA) is 86.2 Å². The Kier molecular flexibility index (Phi) is 7.77. The summed E-state index contributed by atoms with van der Waals surface area (Å²) in [5.74, 6) is 0.616. The molecule has 0 spiro atoms. The summed E-state index contributed by atoms with van der Waals surface area (Å²) in [5, 5.41) is 11.5. The fourth-order valence-corrected chi connectivity index (χ4v) is 4.85. The van der Waals surface area contributed by atoms with Gasteiger partial charge in [0.1, 0.15) is 17.0 Å². The van der Waals surface area contributed by atoms with Crippen LogP contribution in [-0.2, 0) is 6.54 Å². The van der Waals surface area contributed by atoms with Crippen LogP contribution in [0.1, 0.15) is 33.3 Å². The Morgan fingerprint density at radius 1 is 1.29 bits per heavy atom. The molecule has 1 aliphatic rings. The van der Waals surface area contributed by atoms with Gasteiger partial charge in [0.15, 0.2) is 0 Å². The highest BCUT2D eigenvalue weighted by Crippen LogP contribution is 2.30. The van der Waals surface area contributed by atoms with Crippen LogP contribution in [0.2, 0.25) is 5.15 Å². The van der Waals surface area contributed by atoms with Crippen LogP contribution in [0.4, 0.5) is 10.5 Å². The summed E-state index contributed by atoms with van der Waals surface area (Å²) < 4.78 is 6.23. The van der Waals surface area contributed by atoms with Gasteiger partial charge in [0.2, 0.25) is 0 Å². The van der Waals surface area contributed by atoms with E-state index in [1.165, 1.54) is 11.1 Å². The van der Waals surface area contributed by atoms with E-state index in [4.69, 9.17) is 21.4 Å². The molecule has 8 nitrogen and oxygen atoms in total. The number of rotatable bonds is 8. The minimum atomic E-state index is -0.963. The fourth-order valence-electron chi connectivity index (χ4n) is 3.91. The van der Waals surface area contributed by atoms with Crippen molar-refractivity contribution in [2.75, 3.05) is 38.6 Å². The lowest BCUT2D eigenvalue weighted by Gasteiger charge is -2.22. The molecule has 2 amide bonds. The Bertz CT molecular complexity index is 1170. The first kappa shape index (κ1) is 24.8. The second-order valence-electron chi connectivity index (χ2n) is 8.43. The Morgan fingerprint density at radius 2 is 2.06 bits per heavy atom. The van der Waals surface area contributed by atoms with E-state index in [2.05, 4.69) is 4.98 Å². The van der Waals surface area contributed by atoms with E-state index in [-0.39, 0.29) is 12.0 Å². The minimum absolute atomic E-state index is 0.0749. The van der Waals surface area contributed by atoms with Crippen molar-refractivity contribution in [3.05, 3.63) is 75.2 Å². The summed E-state index contributed by atoms with van der Waals surface area (Å²) >= 11 is 7.62. The average Bonchev–Trinajstić information content (AvgIpc) is 3.35. The van der Waals surface area contributed by atoms with Gasteiger partial charge in [-0.05, 0) is 35.2 Å². The van der Waals surface area contributed by atoms with Crippen molar-refractivity contribution < 1.29 is 19.4 Å². The molecule has 0 fully saturated rings. The van der Waals surface area contributed by atoms with Crippen molar-refractivity contribution in [1.29, 1.82) is 0 Å². The lowest BCUT2D eigenvalue weighted by atomic mass is 10.1. The first-order valence-electron chi connectivity index (χ1n) is 11.2. The molecule has 1 atom stereocenters. The molecular weight excluding hydrogens is 488 g/mol. The molecular formula is C25H27ClN4O4S. The van der Waals surface area contributed by atoms with E-state index in [0.717, 1.165) is 16.1 Å². The van der Waals surface area contributed by atoms with E-state index >= 15 is 0 Å². The highest BCUT2D eigenvalue weighted by atomic mass is 35.5. The number of likely N-dealkylation sites (N-methyl/N-ethyl adjacent to an activating group) is 1. The molecule has 0 unspecified atom stereocenters. The normalized spacial score (nSPS) is 14.3. The number of carbonyl (C=O) groups is 2. The third-order valence-corrected chi connectivity index (χ3v) is 7.14. The predicted octanol–water partition coefficient (Wildman–Crippen LogP) is 5.01. The molecule has 4 rings (SSSR count). The van der Waals surface area contributed by atoms with E-state index in [9.17, 15) is 9.59 Å². The molecule has 3 aromatic rings. The highest BCUT2D eigenvalue weighted by molar-refractivity contribution is 7.10. The number of amides is 2. The Hall–Kier alpha value is -3.30. The molecule has 0 bridgehead atoms. The number of anilines is 1. The molecule has 1 aliphatic heterocycles. The maximum absolute atomic E-state index is 13.2. The van der Waals surface area contributed by atoms with Crippen molar-refractivity contribution in [2.45, 2.75) is 19.1 Å². The molecule has 2 aromatic heterocycles. The summed E-state index contributed by atoms with van der Waals surface area (Å²) in [6.45, 7) is 2.10. The average molecular weight is 515 g/mol. The fraction of sp³-hybridized carbons (Fsp3) is 0.320. The van der Waals surface area contributed by atoms with Gasteiger partial charge in [-0.25, -0.2) is 9.78 Å². The van der Waals surface area contributed by atoms with E-state index in [1.807, 2.05) is 58.6 Å². The number of hydrogen-bond acceptors (Lipinski definition) is 6. The largest absolute Gasteiger partial charge is 0.485 e. The molecule has 184 valence electrons. The molecule has 10 heteroatoms. The van der Waals surface area contributed by atoms with Crippen LogP contribution in [0.3, 0.4) is 0 Å². The number of fused-ring (bicyclic) bond motifs is 1. The summed E-state index contributed by atoms with van der Waals surface area (Å²) in [4.78, 5) is 34.5. The number of benzene rings is 1. The van der Waals surface area contributed by atoms with Crippen LogP contribution in [0.15, 0.2) is 54.0 Å². The minimum Gasteiger partial charge on any atom is -0.485 e. The van der Waals surface area contributed by atoms with Crippen LogP contribution < -0.4 is 9.64 Å². The summed E-state index contributed by atoms with van der Waals surface area (Å²) in [7, 11) is 3.49. The zero-order chi connectivity index (χ0) is 24.9. The zero-order valence-electron chi connectivity index (χ0n) is 19.6. The molecule has 3 heterocycles. The molecule has 0 saturated heterocycles. The quantitative estimate of drug-likeness (QED) is 0.425. The lowest BCUT2D eigenvalue weighted by molar-refractivity contribution is 0.0754. The molecule has 0 aliphatic carbocycles. The number of hydrogen-bond donors (Lipinski definition) is 1. The summed E-state index contributed by atoms with van der Waals surface area (Å²) in [6.07, 6.45) is 0.868. The first-order chi connectivity index (χ1) is 16.8. The van der Waals surface area contributed by atoms with Gasteiger partial charge >= 0.3 is 6.09 Å². The number of nitrogens with zero attached hydrogens (tertiary/aromatic N) is 4. The van der Waals surface area contributed by atoms with E-state index in [1.54, 1.807) is 24.5 Å². The molecule has 35 heavy (non-hydrogen) atoms. The number of ether oxygens (including phenoxy) is 1. The second-order valence-corrected chi connectivity index (χ2v) is 9.80. The maximum Gasteiger partial charge on any atom is 0.407 e. The van der Waals surface area contributed by atoms with Crippen molar-refractivity contribution in [2.24, 2.45) is 0 Å². The number of carbonyl (C=O) groups excluding carboxylic acids is 1. The summed E-state index contributed by atoms with van der Waals surface area (Å²) in [6, 6.07) is 13.4. The number of aromatic nitrogens is 1. The van der Waals surface area contributed by atoms with Crippen LogP contribution >= 0.6 is 22.9 Å². The number of halogens is 1. The zero-order valence-corrected chi connectivity index (χ0v) is 21.1. The van der Waals surface area contributed by atoms with Gasteiger partial charge in [-0.15, -0.1) is 11.3 Å². The SMILES string of the molecule is CN(CC[C@H](Oc1ccc(CN2CCN(C)c3cc(Cl)ncc3C2=O)cc1)c1cccs1)C(=O)O. The first-order valence-corrected chi connectivity index (χ1v) is 12.5. The van der Waals surface area contributed by atoms with Crippen molar-refractivity contribution in [1.82, 2.24) is 14.8 Å². The Labute approximate surface area is 213 Å². The number of pyridine rings is 1. The molecule has 0 radical (unpaired) electrons. The predicted molar refractivity (Wildman–Crippen MR) is 137 cm³/mol. The third-order valence-electron chi connectivity index (χ3n) is 5.97.